The van der Waals surface area contributed by atoms with Crippen molar-refractivity contribution in [2.75, 3.05) is 6.26 Å². The van der Waals surface area contributed by atoms with E-state index >= 15 is 0 Å². The van der Waals surface area contributed by atoms with Gasteiger partial charge in [-0.15, -0.1) is 0 Å². The topological polar surface area (TPSA) is 63.6 Å². The molecule has 0 saturated carbocycles. The molecule has 0 bridgehead atoms. The molecule has 2 atom stereocenters. The van der Waals surface area contributed by atoms with Gasteiger partial charge in [0, 0.05) is 0 Å². The highest BCUT2D eigenvalue weighted by Crippen LogP contribution is 2.32. The highest BCUT2D eigenvalue weighted by Gasteiger charge is 2.27. The van der Waals surface area contributed by atoms with Crippen molar-refractivity contribution < 1.29 is 17.7 Å². The molecule has 0 aliphatic carbocycles. The summed E-state index contributed by atoms with van der Waals surface area (Å²) < 4.78 is 27.9. The number of rotatable bonds is 5. The van der Waals surface area contributed by atoms with Crippen molar-refractivity contribution in [3.8, 4) is 0 Å². The fourth-order valence-electron chi connectivity index (χ4n) is 1.95. The van der Waals surface area contributed by atoms with Crippen LogP contribution in [0.25, 0.3) is 0 Å². The Balaban J connectivity index is 2.37. The molecule has 0 aliphatic rings. The highest BCUT2D eigenvalue weighted by molar-refractivity contribution is 7.86. The van der Waals surface area contributed by atoms with Gasteiger partial charge in [0.15, 0.2) is 0 Å². The van der Waals surface area contributed by atoms with Gasteiger partial charge in [0.1, 0.15) is 12.2 Å². The van der Waals surface area contributed by atoms with Crippen molar-refractivity contribution in [3.05, 3.63) is 71.8 Å². The molecule has 5 heteroatoms. The van der Waals surface area contributed by atoms with E-state index in [2.05, 4.69) is 0 Å². The van der Waals surface area contributed by atoms with Gasteiger partial charge in [-0.1, -0.05) is 60.7 Å². The van der Waals surface area contributed by atoms with Gasteiger partial charge in [-0.05, 0) is 11.1 Å². The molecule has 0 fully saturated rings. The van der Waals surface area contributed by atoms with Gasteiger partial charge in [-0.2, -0.15) is 8.42 Å². The fourth-order valence-corrected chi connectivity index (χ4v) is 2.54. The van der Waals surface area contributed by atoms with E-state index in [0.29, 0.717) is 11.1 Å². The molecule has 4 nitrogen and oxygen atoms in total. The molecule has 0 saturated heterocycles. The summed E-state index contributed by atoms with van der Waals surface area (Å²) in [5.74, 6) is 0. The van der Waals surface area contributed by atoms with E-state index in [1.807, 2.05) is 12.1 Å². The zero-order chi connectivity index (χ0) is 14.6. The zero-order valence-electron chi connectivity index (χ0n) is 11.0. The minimum atomic E-state index is -3.68. The Kier molecular flexibility index (Phi) is 4.54. The average Bonchev–Trinajstić information content (AvgIpc) is 2.45. The normalized spacial score (nSPS) is 14.7. The van der Waals surface area contributed by atoms with E-state index in [1.54, 1.807) is 48.5 Å². The summed E-state index contributed by atoms with van der Waals surface area (Å²) in [4.78, 5) is 0. The number of aliphatic hydroxyl groups excluding tert-OH is 1. The van der Waals surface area contributed by atoms with Gasteiger partial charge in [0.2, 0.25) is 0 Å². The van der Waals surface area contributed by atoms with Crippen molar-refractivity contribution in [2.45, 2.75) is 12.2 Å². The molecular weight excluding hydrogens is 276 g/mol. The number of aliphatic hydroxyl groups is 1. The Labute approximate surface area is 118 Å². The predicted octanol–water partition coefficient (Wildman–Crippen LogP) is 2.44. The summed E-state index contributed by atoms with van der Waals surface area (Å²) in [6, 6.07) is 17.6. The molecule has 0 aliphatic heterocycles. The monoisotopic (exact) mass is 292 g/mol. The van der Waals surface area contributed by atoms with E-state index in [-0.39, 0.29) is 0 Å². The second-order valence-electron chi connectivity index (χ2n) is 4.49. The fraction of sp³-hybridized carbons (Fsp3) is 0.200. The lowest BCUT2D eigenvalue weighted by molar-refractivity contribution is 0.0391. The summed E-state index contributed by atoms with van der Waals surface area (Å²) in [5, 5.41) is 10.4. The Hall–Kier alpha value is -1.69. The summed E-state index contributed by atoms with van der Waals surface area (Å²) in [6.07, 6.45) is -1.05. The summed E-state index contributed by atoms with van der Waals surface area (Å²) >= 11 is 0. The first-order chi connectivity index (χ1) is 9.47. The lowest BCUT2D eigenvalue weighted by atomic mass is 9.98. The summed E-state index contributed by atoms with van der Waals surface area (Å²) in [6.45, 7) is 0. The average molecular weight is 292 g/mol. The van der Waals surface area contributed by atoms with Crippen molar-refractivity contribution in [1.29, 1.82) is 0 Å². The molecule has 2 aromatic rings. The third-order valence-corrected chi connectivity index (χ3v) is 3.39. The lowest BCUT2D eigenvalue weighted by Gasteiger charge is -2.22. The van der Waals surface area contributed by atoms with Gasteiger partial charge < -0.3 is 5.11 Å². The molecule has 0 aromatic heterocycles. The van der Waals surface area contributed by atoms with Crippen LogP contribution in [0.1, 0.15) is 23.3 Å². The van der Waals surface area contributed by atoms with Gasteiger partial charge in [-0.3, -0.25) is 4.18 Å². The quantitative estimate of drug-likeness (QED) is 0.860. The van der Waals surface area contributed by atoms with E-state index in [1.165, 1.54) is 0 Å². The van der Waals surface area contributed by atoms with E-state index in [4.69, 9.17) is 4.18 Å². The smallest absolute Gasteiger partial charge is 0.265 e. The predicted molar refractivity (Wildman–Crippen MR) is 76.5 cm³/mol. The number of hydrogen-bond donors (Lipinski definition) is 1. The van der Waals surface area contributed by atoms with Crippen LogP contribution in [0.2, 0.25) is 0 Å². The third kappa shape index (κ3) is 3.90. The summed E-state index contributed by atoms with van der Waals surface area (Å²) in [5.41, 5.74) is 1.21. The highest BCUT2D eigenvalue weighted by atomic mass is 32.2. The maximum atomic E-state index is 11.4. The second-order valence-corrected chi connectivity index (χ2v) is 6.09. The van der Waals surface area contributed by atoms with Crippen LogP contribution in [-0.2, 0) is 14.3 Å². The molecule has 2 aromatic carbocycles. The van der Waals surface area contributed by atoms with Crippen molar-refractivity contribution in [2.24, 2.45) is 0 Å². The van der Waals surface area contributed by atoms with Crippen LogP contribution in [0.5, 0.6) is 0 Å². The standard InChI is InChI=1S/C15H16O4S/c1-20(17,18)19-15(13-10-6-3-7-11-13)14(16)12-8-4-2-5-9-12/h2-11,14-16H,1H3. The van der Waals surface area contributed by atoms with Gasteiger partial charge in [0.25, 0.3) is 10.1 Å². The minimum Gasteiger partial charge on any atom is -0.385 e. The Morgan fingerprint density at radius 1 is 0.900 bits per heavy atom. The first-order valence-electron chi connectivity index (χ1n) is 6.13. The van der Waals surface area contributed by atoms with Crippen LogP contribution in [0.3, 0.4) is 0 Å². The van der Waals surface area contributed by atoms with Gasteiger partial charge in [-0.25, -0.2) is 0 Å². The van der Waals surface area contributed by atoms with E-state index < -0.39 is 22.3 Å². The zero-order valence-corrected chi connectivity index (χ0v) is 11.8. The van der Waals surface area contributed by atoms with Crippen LogP contribution in [0, 0.1) is 0 Å². The van der Waals surface area contributed by atoms with E-state index in [9.17, 15) is 13.5 Å². The molecular formula is C15H16O4S. The maximum Gasteiger partial charge on any atom is 0.265 e. The molecule has 0 radical (unpaired) electrons. The van der Waals surface area contributed by atoms with Crippen molar-refractivity contribution in [1.82, 2.24) is 0 Å². The SMILES string of the molecule is CS(=O)(=O)OC(c1ccccc1)C(O)c1ccccc1. The molecule has 0 amide bonds. The molecule has 1 N–H and O–H groups in total. The van der Waals surface area contributed by atoms with Crippen LogP contribution in [-0.4, -0.2) is 19.8 Å². The molecule has 2 rings (SSSR count). The van der Waals surface area contributed by atoms with Crippen molar-refractivity contribution in [3.63, 3.8) is 0 Å². The Morgan fingerprint density at radius 3 is 1.80 bits per heavy atom. The lowest BCUT2D eigenvalue weighted by Crippen LogP contribution is -2.18. The van der Waals surface area contributed by atoms with Crippen LogP contribution >= 0.6 is 0 Å². The number of hydrogen-bond acceptors (Lipinski definition) is 4. The summed E-state index contributed by atoms with van der Waals surface area (Å²) in [7, 11) is -3.68. The van der Waals surface area contributed by atoms with Gasteiger partial charge >= 0.3 is 0 Å². The Morgan fingerprint density at radius 2 is 1.35 bits per heavy atom. The largest absolute Gasteiger partial charge is 0.385 e. The minimum absolute atomic E-state index is 0.602. The molecule has 2 unspecified atom stereocenters. The molecule has 0 heterocycles. The Bertz CT molecular complexity index is 638. The van der Waals surface area contributed by atoms with Crippen molar-refractivity contribution >= 4 is 10.1 Å². The maximum absolute atomic E-state index is 11.4. The van der Waals surface area contributed by atoms with Crippen LogP contribution in [0.4, 0.5) is 0 Å². The molecule has 20 heavy (non-hydrogen) atoms. The van der Waals surface area contributed by atoms with E-state index in [0.717, 1.165) is 6.26 Å². The number of benzene rings is 2. The first-order valence-corrected chi connectivity index (χ1v) is 7.95. The van der Waals surface area contributed by atoms with Gasteiger partial charge in [0.05, 0.1) is 6.26 Å². The third-order valence-electron chi connectivity index (χ3n) is 2.83. The first kappa shape index (κ1) is 14.7. The van der Waals surface area contributed by atoms with Crippen LogP contribution < -0.4 is 0 Å². The second kappa shape index (κ2) is 6.17. The molecule has 106 valence electrons. The van der Waals surface area contributed by atoms with Crippen LogP contribution in [0.15, 0.2) is 60.7 Å². The molecule has 0 spiro atoms.